The Kier molecular flexibility index (Phi) is 6.19. The van der Waals surface area contributed by atoms with Gasteiger partial charge in [-0.15, -0.1) is 11.8 Å². The quantitative estimate of drug-likeness (QED) is 0.558. The first-order valence-corrected chi connectivity index (χ1v) is 11.1. The lowest BCUT2D eigenvalue weighted by atomic mass is 9.92. The van der Waals surface area contributed by atoms with E-state index in [9.17, 15) is 5.11 Å². The lowest BCUT2D eigenvalue weighted by molar-refractivity contribution is -0.00126. The van der Waals surface area contributed by atoms with Crippen molar-refractivity contribution in [1.82, 2.24) is 4.90 Å². The number of benzene rings is 3. The van der Waals surface area contributed by atoms with Crippen molar-refractivity contribution in [3.63, 3.8) is 0 Å². The van der Waals surface area contributed by atoms with E-state index >= 15 is 0 Å². The average molecular weight is 402 g/mol. The van der Waals surface area contributed by atoms with Crippen molar-refractivity contribution in [3.8, 4) is 0 Å². The Morgan fingerprint density at radius 3 is 1.79 bits per heavy atom. The maximum Gasteiger partial charge on any atom is 0.120 e. The first kappa shape index (κ1) is 20.0. The van der Waals surface area contributed by atoms with Crippen LogP contribution in [0.15, 0.2) is 95.9 Å². The lowest BCUT2D eigenvalue weighted by Gasteiger charge is -2.48. The second-order valence-electron chi connectivity index (χ2n) is 7.68. The van der Waals surface area contributed by atoms with Gasteiger partial charge in [-0.2, -0.15) is 0 Å². The Balaban J connectivity index is 1.59. The van der Waals surface area contributed by atoms with Crippen LogP contribution in [0.25, 0.3) is 6.08 Å². The summed E-state index contributed by atoms with van der Waals surface area (Å²) < 4.78 is 0. The molecule has 1 heterocycles. The number of aliphatic hydroxyl groups is 1. The first-order valence-electron chi connectivity index (χ1n) is 10.1. The molecule has 0 spiro atoms. The van der Waals surface area contributed by atoms with Gasteiger partial charge in [-0.3, -0.25) is 4.90 Å². The zero-order valence-corrected chi connectivity index (χ0v) is 17.6. The summed E-state index contributed by atoms with van der Waals surface area (Å²) in [7, 11) is 0. The van der Waals surface area contributed by atoms with Crippen molar-refractivity contribution in [1.29, 1.82) is 0 Å². The molecule has 4 rings (SSSR count). The molecule has 3 aromatic carbocycles. The van der Waals surface area contributed by atoms with Crippen molar-refractivity contribution in [2.45, 2.75) is 31.7 Å². The summed E-state index contributed by atoms with van der Waals surface area (Å²) in [6, 6.07) is 31.3. The zero-order valence-electron chi connectivity index (χ0n) is 16.7. The molecular formula is C26H27NOS. The van der Waals surface area contributed by atoms with Crippen molar-refractivity contribution in [2.75, 3.05) is 5.75 Å². The minimum absolute atomic E-state index is 0.000811. The predicted molar refractivity (Wildman–Crippen MR) is 123 cm³/mol. The summed E-state index contributed by atoms with van der Waals surface area (Å²) in [4.78, 5) is 3.45. The van der Waals surface area contributed by atoms with Crippen molar-refractivity contribution < 1.29 is 5.11 Å². The molecule has 2 nitrogen and oxygen atoms in total. The summed E-state index contributed by atoms with van der Waals surface area (Å²) in [6.45, 7) is 3.77. The molecular weight excluding hydrogens is 374 g/mol. The van der Waals surface area contributed by atoms with E-state index in [1.165, 1.54) is 11.1 Å². The minimum atomic E-state index is -0.815. The fraction of sp³-hybridized carbons (Fsp3) is 0.231. The van der Waals surface area contributed by atoms with Gasteiger partial charge >= 0.3 is 0 Å². The predicted octanol–water partition coefficient (Wildman–Crippen LogP) is 5.60. The second-order valence-corrected chi connectivity index (χ2v) is 8.70. The van der Waals surface area contributed by atoms with Gasteiger partial charge in [0.2, 0.25) is 0 Å². The molecule has 1 saturated heterocycles. The highest BCUT2D eigenvalue weighted by Crippen LogP contribution is 2.47. The van der Waals surface area contributed by atoms with Crippen LogP contribution in [0.5, 0.6) is 0 Å². The number of hydrogen-bond donors (Lipinski definition) is 1. The molecule has 0 aromatic heterocycles. The summed E-state index contributed by atoms with van der Waals surface area (Å²) in [5, 5.41) is 11.6. The monoisotopic (exact) mass is 401 g/mol. The molecule has 0 aliphatic carbocycles. The van der Waals surface area contributed by atoms with Gasteiger partial charge in [0.05, 0.1) is 0 Å². The van der Waals surface area contributed by atoms with Gasteiger partial charge in [-0.05, 0) is 29.7 Å². The Morgan fingerprint density at radius 2 is 1.34 bits per heavy atom. The van der Waals surface area contributed by atoms with Gasteiger partial charge in [0.1, 0.15) is 5.60 Å². The van der Waals surface area contributed by atoms with Crippen LogP contribution >= 0.6 is 11.8 Å². The maximum atomic E-state index is 11.6. The van der Waals surface area contributed by atoms with E-state index in [0.717, 1.165) is 29.3 Å². The van der Waals surface area contributed by atoms with E-state index < -0.39 is 5.60 Å². The number of rotatable bonds is 7. The second kappa shape index (κ2) is 9.00. The third-order valence-electron chi connectivity index (χ3n) is 5.67. The number of thioether (sulfide) groups is 1. The molecule has 2 atom stereocenters. The lowest BCUT2D eigenvalue weighted by Crippen LogP contribution is -2.57. The molecule has 1 aliphatic heterocycles. The van der Waals surface area contributed by atoms with Crippen LogP contribution in [0.3, 0.4) is 0 Å². The normalized spacial score (nSPS) is 21.1. The van der Waals surface area contributed by atoms with Crippen molar-refractivity contribution >= 4 is 17.8 Å². The van der Waals surface area contributed by atoms with E-state index in [2.05, 4.69) is 78.6 Å². The zero-order chi connectivity index (χ0) is 20.1. The number of hydrogen-bond acceptors (Lipinski definition) is 3. The smallest absolute Gasteiger partial charge is 0.120 e. The van der Waals surface area contributed by atoms with Gasteiger partial charge in [0.15, 0.2) is 0 Å². The van der Waals surface area contributed by atoms with Gasteiger partial charge in [0, 0.05) is 29.8 Å². The van der Waals surface area contributed by atoms with Gasteiger partial charge in [0.25, 0.3) is 0 Å². The molecule has 3 aromatic rings. The average Bonchev–Trinajstić information content (AvgIpc) is 2.77. The van der Waals surface area contributed by atoms with E-state index in [1.54, 1.807) is 11.8 Å². The van der Waals surface area contributed by atoms with Gasteiger partial charge in [-0.1, -0.05) is 91.0 Å². The fourth-order valence-corrected chi connectivity index (χ4v) is 5.00. The van der Waals surface area contributed by atoms with Crippen LogP contribution in [-0.4, -0.2) is 27.4 Å². The molecule has 0 bridgehead atoms. The molecule has 3 heteroatoms. The number of nitrogens with zero attached hydrogens (tertiary/aromatic N) is 1. The highest BCUT2D eigenvalue weighted by molar-refractivity contribution is 8.05. The van der Waals surface area contributed by atoms with Crippen LogP contribution in [0, 0.1) is 0 Å². The Bertz CT molecular complexity index is 901. The summed E-state index contributed by atoms with van der Waals surface area (Å²) in [5.74, 6) is 0.729. The molecule has 0 unspecified atom stereocenters. The highest BCUT2D eigenvalue weighted by Gasteiger charge is 2.47. The van der Waals surface area contributed by atoms with Crippen LogP contribution in [-0.2, 0) is 13.1 Å². The molecule has 0 radical (unpaired) electrons. The molecule has 29 heavy (non-hydrogen) atoms. The highest BCUT2D eigenvalue weighted by atomic mass is 32.2. The SMILES string of the molecule is C[C@H](N(Cc1ccccc1)Cc1ccccc1)[C@@]1(O)CS/C1=C\c1ccccc1. The molecule has 0 amide bonds. The molecule has 1 fully saturated rings. The molecule has 0 saturated carbocycles. The minimum Gasteiger partial charge on any atom is -0.382 e. The van der Waals surface area contributed by atoms with Crippen molar-refractivity contribution in [3.05, 3.63) is 113 Å². The summed E-state index contributed by atoms with van der Waals surface area (Å²) in [6.07, 6.45) is 2.13. The van der Waals surface area contributed by atoms with Crippen LogP contribution in [0.1, 0.15) is 23.6 Å². The molecule has 148 valence electrons. The molecule has 1 N–H and O–H groups in total. The van der Waals surface area contributed by atoms with E-state index in [0.29, 0.717) is 0 Å². The summed E-state index contributed by atoms with van der Waals surface area (Å²) in [5.41, 5.74) is 2.85. The Labute approximate surface area is 177 Å². The van der Waals surface area contributed by atoms with Crippen molar-refractivity contribution in [2.24, 2.45) is 0 Å². The van der Waals surface area contributed by atoms with Gasteiger partial charge in [-0.25, -0.2) is 0 Å². The Hall–Kier alpha value is -2.33. The van der Waals surface area contributed by atoms with Crippen LogP contribution < -0.4 is 0 Å². The van der Waals surface area contributed by atoms with Crippen LogP contribution in [0.2, 0.25) is 0 Å². The van der Waals surface area contributed by atoms with Gasteiger partial charge < -0.3 is 5.11 Å². The van der Waals surface area contributed by atoms with E-state index in [1.807, 2.05) is 30.3 Å². The Morgan fingerprint density at radius 1 is 0.862 bits per heavy atom. The summed E-state index contributed by atoms with van der Waals surface area (Å²) >= 11 is 1.75. The first-order chi connectivity index (χ1) is 14.1. The largest absolute Gasteiger partial charge is 0.382 e. The third kappa shape index (κ3) is 4.64. The van der Waals surface area contributed by atoms with E-state index in [-0.39, 0.29) is 6.04 Å². The fourth-order valence-electron chi connectivity index (χ4n) is 3.76. The standard InChI is InChI=1S/C26H27NOS/c1-21(26(28)20-29-25(26)17-22-11-5-2-6-12-22)27(18-23-13-7-3-8-14-23)19-24-15-9-4-10-16-24/h2-17,21,28H,18-20H2,1H3/b25-17-/t21-,26-/m0/s1. The van der Waals surface area contributed by atoms with E-state index in [4.69, 9.17) is 0 Å². The third-order valence-corrected chi connectivity index (χ3v) is 7.03. The molecule has 1 aliphatic rings. The maximum absolute atomic E-state index is 11.6. The topological polar surface area (TPSA) is 23.5 Å². The van der Waals surface area contributed by atoms with Crippen LogP contribution in [0.4, 0.5) is 0 Å².